The molecule has 0 amide bonds. The van der Waals surface area contributed by atoms with Gasteiger partial charge in [0.2, 0.25) is 0 Å². The van der Waals surface area contributed by atoms with Gasteiger partial charge in [0.15, 0.2) is 0 Å². The third-order valence-electron chi connectivity index (χ3n) is 7.82. The second kappa shape index (κ2) is 11.3. The molecule has 4 unspecified atom stereocenters. The van der Waals surface area contributed by atoms with E-state index >= 15 is 0 Å². The van der Waals surface area contributed by atoms with Crippen LogP contribution in [0.2, 0.25) is 0 Å². The summed E-state index contributed by atoms with van der Waals surface area (Å²) in [6, 6.07) is 0.866. The van der Waals surface area contributed by atoms with Crippen molar-refractivity contribution < 1.29 is 0 Å². The Kier molecular flexibility index (Phi) is 8.76. The van der Waals surface area contributed by atoms with Crippen molar-refractivity contribution in [1.29, 1.82) is 0 Å². The van der Waals surface area contributed by atoms with Crippen LogP contribution in [-0.4, -0.2) is 41.8 Å². The van der Waals surface area contributed by atoms with Gasteiger partial charge in [-0.1, -0.05) is 83.1 Å². The lowest BCUT2D eigenvalue weighted by molar-refractivity contribution is 0.142. The van der Waals surface area contributed by atoms with E-state index < -0.39 is 0 Å². The van der Waals surface area contributed by atoms with Gasteiger partial charge in [-0.25, -0.2) is 0 Å². The Bertz CT molecular complexity index is 780. The molecule has 0 heterocycles. The highest BCUT2D eigenvalue weighted by Gasteiger charge is 2.40. The molecule has 0 saturated heterocycles. The summed E-state index contributed by atoms with van der Waals surface area (Å²) in [5.41, 5.74) is 5.14. The summed E-state index contributed by atoms with van der Waals surface area (Å²) in [6.07, 6.45) is 18.0. The first-order valence-corrected chi connectivity index (χ1v) is 12.8. The van der Waals surface area contributed by atoms with Crippen LogP contribution in [0.15, 0.2) is 65.0 Å². The Morgan fingerprint density at radius 3 is 2.53 bits per heavy atom. The number of hydrogen-bond donors (Lipinski definition) is 0. The van der Waals surface area contributed by atoms with Crippen LogP contribution in [0.25, 0.3) is 0 Å². The SMILES string of the molecule is C=NN(CC1=CC=CC2CC12)C(=C)C(CC)N(CC(=CC(C)CC)C(=C)C)C1CCCC1. The van der Waals surface area contributed by atoms with E-state index in [0.29, 0.717) is 17.9 Å². The summed E-state index contributed by atoms with van der Waals surface area (Å²) in [7, 11) is 0. The first kappa shape index (κ1) is 24.8. The molecule has 0 spiro atoms. The number of nitrogens with zero attached hydrogens (tertiary/aromatic N) is 3. The number of hydrogen-bond acceptors (Lipinski definition) is 3. The minimum atomic E-state index is 0.262. The molecule has 32 heavy (non-hydrogen) atoms. The fourth-order valence-corrected chi connectivity index (χ4v) is 5.44. The van der Waals surface area contributed by atoms with Gasteiger partial charge in [0.05, 0.1) is 12.6 Å². The van der Waals surface area contributed by atoms with Crippen molar-refractivity contribution in [2.45, 2.75) is 84.7 Å². The zero-order chi connectivity index (χ0) is 23.3. The quantitative estimate of drug-likeness (QED) is 0.174. The van der Waals surface area contributed by atoms with E-state index in [1.165, 1.54) is 48.8 Å². The van der Waals surface area contributed by atoms with Gasteiger partial charge in [-0.2, -0.15) is 5.10 Å². The lowest BCUT2D eigenvalue weighted by atomic mass is 9.97. The maximum atomic E-state index is 4.59. The summed E-state index contributed by atoms with van der Waals surface area (Å²) >= 11 is 0. The minimum Gasteiger partial charge on any atom is -0.288 e. The summed E-state index contributed by atoms with van der Waals surface area (Å²) in [5, 5.41) is 6.53. The van der Waals surface area contributed by atoms with Gasteiger partial charge in [0, 0.05) is 25.0 Å². The van der Waals surface area contributed by atoms with Gasteiger partial charge in [0.25, 0.3) is 0 Å². The highest BCUT2D eigenvalue weighted by Crippen LogP contribution is 2.47. The fraction of sp³-hybridized carbons (Fsp3) is 0.621. The summed E-state index contributed by atoms with van der Waals surface area (Å²) in [5.74, 6) is 2.02. The zero-order valence-corrected chi connectivity index (χ0v) is 21.0. The molecule has 2 saturated carbocycles. The van der Waals surface area contributed by atoms with Gasteiger partial charge >= 0.3 is 0 Å². The fourth-order valence-electron chi connectivity index (χ4n) is 5.44. The maximum Gasteiger partial charge on any atom is 0.0628 e. The number of fused-ring (bicyclic) bond motifs is 1. The lowest BCUT2D eigenvalue weighted by Crippen LogP contribution is -2.46. The van der Waals surface area contributed by atoms with Crippen LogP contribution in [0.3, 0.4) is 0 Å². The van der Waals surface area contributed by atoms with Crippen LogP contribution in [-0.2, 0) is 0 Å². The molecular formula is C29H45N3. The van der Waals surface area contributed by atoms with E-state index in [0.717, 1.165) is 37.5 Å². The Morgan fingerprint density at radius 2 is 1.94 bits per heavy atom. The lowest BCUT2D eigenvalue weighted by Gasteiger charge is -2.40. The molecule has 0 radical (unpaired) electrons. The van der Waals surface area contributed by atoms with Crippen molar-refractivity contribution in [1.82, 2.24) is 9.91 Å². The molecule has 3 rings (SSSR count). The Morgan fingerprint density at radius 1 is 1.22 bits per heavy atom. The van der Waals surface area contributed by atoms with Crippen molar-refractivity contribution in [3.63, 3.8) is 0 Å². The van der Waals surface area contributed by atoms with Crippen molar-refractivity contribution in [2.24, 2.45) is 22.9 Å². The molecule has 3 heteroatoms. The number of hydrazone groups is 1. The zero-order valence-electron chi connectivity index (χ0n) is 21.0. The average molecular weight is 436 g/mol. The van der Waals surface area contributed by atoms with Crippen LogP contribution < -0.4 is 0 Å². The van der Waals surface area contributed by atoms with E-state index in [9.17, 15) is 0 Å². The second-order valence-electron chi connectivity index (χ2n) is 10.2. The van der Waals surface area contributed by atoms with Crippen molar-refractivity contribution in [3.05, 3.63) is 59.9 Å². The van der Waals surface area contributed by atoms with Gasteiger partial charge in [-0.15, -0.1) is 0 Å². The smallest absolute Gasteiger partial charge is 0.0628 e. The topological polar surface area (TPSA) is 18.8 Å². The molecule has 3 aliphatic rings. The van der Waals surface area contributed by atoms with Gasteiger partial charge in [-0.05, 0) is 61.5 Å². The third-order valence-corrected chi connectivity index (χ3v) is 7.82. The molecular weight excluding hydrogens is 390 g/mol. The van der Waals surface area contributed by atoms with E-state index in [4.69, 9.17) is 0 Å². The van der Waals surface area contributed by atoms with E-state index in [-0.39, 0.29) is 6.04 Å². The molecule has 0 aromatic carbocycles. The molecule has 176 valence electrons. The molecule has 0 bridgehead atoms. The van der Waals surface area contributed by atoms with E-state index in [2.05, 4.69) is 86.9 Å². The predicted molar refractivity (Wildman–Crippen MR) is 140 cm³/mol. The van der Waals surface area contributed by atoms with Crippen molar-refractivity contribution in [2.75, 3.05) is 13.1 Å². The van der Waals surface area contributed by atoms with Crippen molar-refractivity contribution >= 4 is 6.72 Å². The molecule has 0 N–H and O–H groups in total. The van der Waals surface area contributed by atoms with Crippen LogP contribution >= 0.6 is 0 Å². The summed E-state index contributed by atoms with van der Waals surface area (Å²) in [6.45, 7) is 23.6. The van der Waals surface area contributed by atoms with E-state index in [1.807, 2.05) is 0 Å². The van der Waals surface area contributed by atoms with Crippen molar-refractivity contribution in [3.8, 4) is 0 Å². The standard InChI is InChI=1S/C29H45N3/c1-8-22(5)17-26(21(3)4)19-31(27-15-10-11-16-27)29(9-2)23(6)32(30-7)20-25-14-12-13-24-18-28(24)25/h12-14,17,22,24,27-29H,3,6-11,15-16,18-20H2,1-2,4-5H3. The van der Waals surface area contributed by atoms with Gasteiger partial charge in [0.1, 0.15) is 0 Å². The van der Waals surface area contributed by atoms with Crippen LogP contribution in [0.1, 0.15) is 72.6 Å². The molecule has 2 fully saturated rings. The van der Waals surface area contributed by atoms with Crippen LogP contribution in [0, 0.1) is 17.8 Å². The highest BCUT2D eigenvalue weighted by molar-refractivity contribution is 5.33. The molecule has 3 aliphatic carbocycles. The summed E-state index contributed by atoms with van der Waals surface area (Å²) < 4.78 is 0. The van der Waals surface area contributed by atoms with E-state index in [1.54, 1.807) is 0 Å². The Hall–Kier alpha value is -1.87. The van der Waals surface area contributed by atoms with Crippen LogP contribution in [0.5, 0.6) is 0 Å². The molecule has 0 aliphatic heterocycles. The summed E-state index contributed by atoms with van der Waals surface area (Å²) in [4.78, 5) is 2.71. The molecule has 4 atom stereocenters. The monoisotopic (exact) mass is 435 g/mol. The van der Waals surface area contributed by atoms with Crippen LogP contribution in [0.4, 0.5) is 0 Å². The molecule has 0 aromatic heterocycles. The average Bonchev–Trinajstić information content (AvgIpc) is 3.39. The predicted octanol–water partition coefficient (Wildman–Crippen LogP) is 7.12. The molecule has 3 nitrogen and oxygen atoms in total. The van der Waals surface area contributed by atoms with Gasteiger partial charge in [-0.3, -0.25) is 9.91 Å². The maximum absolute atomic E-state index is 4.59. The van der Waals surface area contributed by atoms with Gasteiger partial charge < -0.3 is 0 Å². The highest BCUT2D eigenvalue weighted by atomic mass is 15.5. The first-order valence-electron chi connectivity index (χ1n) is 12.8. The number of allylic oxidation sites excluding steroid dienone is 4. The third kappa shape index (κ3) is 5.92. The second-order valence-corrected chi connectivity index (χ2v) is 10.2. The Balaban J connectivity index is 1.82. The Labute approximate surface area is 197 Å². The normalized spacial score (nSPS) is 24.7. The minimum absolute atomic E-state index is 0.262. The first-order chi connectivity index (χ1) is 15.4. The molecule has 0 aromatic rings. The largest absolute Gasteiger partial charge is 0.288 e. The number of rotatable bonds is 13.